The van der Waals surface area contributed by atoms with Gasteiger partial charge in [0.2, 0.25) is 0 Å². The van der Waals surface area contributed by atoms with Crippen LogP contribution >= 0.6 is 0 Å². The van der Waals surface area contributed by atoms with Crippen LogP contribution in [0.1, 0.15) is 19.4 Å². The lowest BCUT2D eigenvalue weighted by molar-refractivity contribution is 0.128. The molecule has 2 atom stereocenters. The van der Waals surface area contributed by atoms with Gasteiger partial charge < -0.3 is 20.4 Å². The van der Waals surface area contributed by atoms with E-state index in [4.69, 9.17) is 0 Å². The molecular weight excluding hydrogens is 316 g/mol. The van der Waals surface area contributed by atoms with Gasteiger partial charge in [-0.2, -0.15) is 0 Å². The van der Waals surface area contributed by atoms with Gasteiger partial charge >= 0.3 is 12.1 Å². The highest BCUT2D eigenvalue weighted by Gasteiger charge is 2.36. The standard InChI is InChI=1S/C19H28N4O2/c1-14(2)16(10-15-6-4-3-5-7-15)11-20-18(24)22-8-9-23-17(13-22)12-21-19(23)25/h3-7,14,16-17H,8-13H2,1-2H3,(H,20,24)(H,21,25)/t16-,17+/m1/s1. The third kappa shape index (κ3) is 4.24. The predicted octanol–water partition coefficient (Wildman–Crippen LogP) is 1.92. The van der Waals surface area contributed by atoms with Gasteiger partial charge in [-0.15, -0.1) is 0 Å². The Bertz CT molecular complexity index is 605. The molecule has 0 radical (unpaired) electrons. The highest BCUT2D eigenvalue weighted by atomic mass is 16.2. The molecule has 0 spiro atoms. The average molecular weight is 344 g/mol. The molecule has 6 heteroatoms. The van der Waals surface area contributed by atoms with Crippen molar-refractivity contribution in [3.8, 4) is 0 Å². The van der Waals surface area contributed by atoms with E-state index < -0.39 is 0 Å². The Kier molecular flexibility index (Phi) is 5.46. The number of urea groups is 2. The van der Waals surface area contributed by atoms with Crippen LogP contribution in [0.5, 0.6) is 0 Å². The van der Waals surface area contributed by atoms with Crippen LogP contribution in [0.2, 0.25) is 0 Å². The summed E-state index contributed by atoms with van der Waals surface area (Å²) in [6, 6.07) is 10.5. The van der Waals surface area contributed by atoms with Crippen molar-refractivity contribution < 1.29 is 9.59 Å². The summed E-state index contributed by atoms with van der Waals surface area (Å²) in [5.41, 5.74) is 1.31. The van der Waals surface area contributed by atoms with Gasteiger partial charge in [0, 0.05) is 32.7 Å². The van der Waals surface area contributed by atoms with Crippen LogP contribution in [-0.2, 0) is 6.42 Å². The van der Waals surface area contributed by atoms with Crippen molar-refractivity contribution in [1.29, 1.82) is 0 Å². The number of benzene rings is 1. The molecule has 4 amide bonds. The number of carbonyl (C=O) groups is 2. The maximum Gasteiger partial charge on any atom is 0.317 e. The zero-order chi connectivity index (χ0) is 17.8. The SMILES string of the molecule is CC(C)[C@@H](CNC(=O)N1CCN2C(=O)NC[C@H]2C1)Cc1ccccc1. The second-order valence-corrected chi connectivity index (χ2v) is 7.36. The van der Waals surface area contributed by atoms with Crippen LogP contribution in [0.15, 0.2) is 30.3 Å². The first kappa shape index (κ1) is 17.6. The number of rotatable bonds is 5. The molecule has 6 nitrogen and oxygen atoms in total. The molecule has 0 bridgehead atoms. The van der Waals surface area contributed by atoms with E-state index >= 15 is 0 Å². The molecule has 25 heavy (non-hydrogen) atoms. The average Bonchev–Trinajstić information content (AvgIpc) is 2.99. The lowest BCUT2D eigenvalue weighted by Crippen LogP contribution is -2.56. The third-order valence-electron chi connectivity index (χ3n) is 5.32. The molecular formula is C19H28N4O2. The lowest BCUT2D eigenvalue weighted by atomic mass is 9.89. The number of nitrogens with one attached hydrogen (secondary N) is 2. The van der Waals surface area contributed by atoms with E-state index in [0.29, 0.717) is 44.6 Å². The molecule has 1 aromatic carbocycles. The Labute approximate surface area is 149 Å². The summed E-state index contributed by atoms with van der Waals surface area (Å²) in [6.45, 7) is 7.53. The number of nitrogens with zero attached hydrogens (tertiary/aromatic N) is 2. The van der Waals surface area contributed by atoms with Gasteiger partial charge in [-0.25, -0.2) is 9.59 Å². The van der Waals surface area contributed by atoms with Gasteiger partial charge in [0.15, 0.2) is 0 Å². The second-order valence-electron chi connectivity index (χ2n) is 7.36. The van der Waals surface area contributed by atoms with Crippen molar-refractivity contribution in [3.63, 3.8) is 0 Å². The topological polar surface area (TPSA) is 64.7 Å². The fourth-order valence-electron chi connectivity index (χ4n) is 3.58. The molecule has 0 aromatic heterocycles. The highest BCUT2D eigenvalue weighted by molar-refractivity contribution is 5.78. The lowest BCUT2D eigenvalue weighted by Gasteiger charge is -2.36. The Balaban J connectivity index is 1.51. The zero-order valence-electron chi connectivity index (χ0n) is 15.1. The molecule has 136 valence electrons. The summed E-state index contributed by atoms with van der Waals surface area (Å²) >= 11 is 0. The van der Waals surface area contributed by atoms with Gasteiger partial charge in [-0.05, 0) is 23.8 Å². The molecule has 1 aromatic rings. The number of piperazine rings is 1. The summed E-state index contributed by atoms with van der Waals surface area (Å²) in [4.78, 5) is 27.8. The summed E-state index contributed by atoms with van der Waals surface area (Å²) in [7, 11) is 0. The monoisotopic (exact) mass is 344 g/mol. The van der Waals surface area contributed by atoms with E-state index in [-0.39, 0.29) is 18.1 Å². The summed E-state index contributed by atoms with van der Waals surface area (Å²) in [5, 5.41) is 5.95. The summed E-state index contributed by atoms with van der Waals surface area (Å²) in [6.07, 6.45) is 0.966. The van der Waals surface area contributed by atoms with Crippen molar-refractivity contribution in [2.75, 3.05) is 32.7 Å². The maximum atomic E-state index is 12.5. The Hall–Kier alpha value is -2.24. The van der Waals surface area contributed by atoms with Crippen molar-refractivity contribution >= 4 is 12.1 Å². The van der Waals surface area contributed by atoms with Crippen LogP contribution in [-0.4, -0.2) is 60.6 Å². The molecule has 2 saturated heterocycles. The number of carbonyl (C=O) groups excluding carboxylic acids is 2. The first-order valence-corrected chi connectivity index (χ1v) is 9.15. The number of hydrogen-bond acceptors (Lipinski definition) is 2. The van der Waals surface area contributed by atoms with Crippen molar-refractivity contribution in [1.82, 2.24) is 20.4 Å². The Morgan fingerprint density at radius 2 is 2.04 bits per heavy atom. The molecule has 2 aliphatic rings. The first-order chi connectivity index (χ1) is 12.0. The Morgan fingerprint density at radius 3 is 2.76 bits per heavy atom. The van der Waals surface area contributed by atoms with Crippen molar-refractivity contribution in [2.24, 2.45) is 11.8 Å². The minimum atomic E-state index is -0.0160. The molecule has 0 aliphatic carbocycles. The largest absolute Gasteiger partial charge is 0.338 e. The van der Waals surface area contributed by atoms with Gasteiger partial charge in [-0.1, -0.05) is 44.2 Å². The van der Waals surface area contributed by atoms with Crippen LogP contribution in [0.3, 0.4) is 0 Å². The minimum absolute atomic E-state index is 0.00667. The first-order valence-electron chi connectivity index (χ1n) is 9.15. The smallest absolute Gasteiger partial charge is 0.317 e. The number of amides is 4. The van der Waals surface area contributed by atoms with E-state index in [1.165, 1.54) is 5.56 Å². The summed E-state index contributed by atoms with van der Waals surface area (Å²) in [5.74, 6) is 0.899. The van der Waals surface area contributed by atoms with Gasteiger partial charge in [-0.3, -0.25) is 0 Å². The third-order valence-corrected chi connectivity index (χ3v) is 5.32. The molecule has 2 N–H and O–H groups in total. The molecule has 2 aliphatic heterocycles. The van der Waals surface area contributed by atoms with E-state index in [9.17, 15) is 9.59 Å². The quantitative estimate of drug-likeness (QED) is 0.857. The molecule has 0 unspecified atom stereocenters. The maximum absolute atomic E-state index is 12.5. The van der Waals surface area contributed by atoms with Crippen LogP contribution in [0.25, 0.3) is 0 Å². The van der Waals surface area contributed by atoms with Crippen molar-refractivity contribution in [2.45, 2.75) is 26.3 Å². The van der Waals surface area contributed by atoms with Gasteiger partial charge in [0.05, 0.1) is 6.04 Å². The Morgan fingerprint density at radius 1 is 1.28 bits per heavy atom. The normalized spacial score (nSPS) is 21.1. The molecule has 2 heterocycles. The van der Waals surface area contributed by atoms with E-state index in [2.05, 4.69) is 48.7 Å². The van der Waals surface area contributed by atoms with Crippen molar-refractivity contribution in [3.05, 3.63) is 35.9 Å². The van der Waals surface area contributed by atoms with Crippen LogP contribution in [0, 0.1) is 11.8 Å². The number of fused-ring (bicyclic) bond motifs is 1. The summed E-state index contributed by atoms with van der Waals surface area (Å²) < 4.78 is 0. The van der Waals surface area contributed by atoms with E-state index in [0.717, 1.165) is 6.42 Å². The van der Waals surface area contributed by atoms with Crippen LogP contribution in [0.4, 0.5) is 9.59 Å². The van der Waals surface area contributed by atoms with Crippen LogP contribution < -0.4 is 10.6 Å². The second kappa shape index (κ2) is 7.76. The zero-order valence-corrected chi connectivity index (χ0v) is 15.1. The van der Waals surface area contributed by atoms with E-state index in [1.807, 2.05) is 15.9 Å². The molecule has 3 rings (SSSR count). The fraction of sp³-hybridized carbons (Fsp3) is 0.579. The van der Waals surface area contributed by atoms with E-state index in [1.54, 1.807) is 0 Å². The van der Waals surface area contributed by atoms with Gasteiger partial charge in [0.25, 0.3) is 0 Å². The molecule has 2 fully saturated rings. The molecule has 0 saturated carbocycles. The van der Waals surface area contributed by atoms with Gasteiger partial charge in [0.1, 0.15) is 0 Å². The minimum Gasteiger partial charge on any atom is -0.338 e. The fourth-order valence-corrected chi connectivity index (χ4v) is 3.58. The predicted molar refractivity (Wildman–Crippen MR) is 97.3 cm³/mol. The number of hydrogen-bond donors (Lipinski definition) is 2. The highest BCUT2D eigenvalue weighted by Crippen LogP contribution is 2.18.